The summed E-state index contributed by atoms with van der Waals surface area (Å²) >= 11 is 0. The Balaban J connectivity index is 1.95. The van der Waals surface area contributed by atoms with Crippen LogP contribution in [-0.2, 0) is 13.1 Å². The molecule has 1 aromatic heterocycles. The maximum atomic E-state index is 8.69. The number of aromatic nitrogens is 2. The zero-order chi connectivity index (χ0) is 12.1. The Kier molecular flexibility index (Phi) is 3.41. The summed E-state index contributed by atoms with van der Waals surface area (Å²) in [4.78, 5) is 0. The molecule has 0 amide bonds. The molecule has 1 N–H and O–H groups in total. The van der Waals surface area contributed by atoms with E-state index in [1.54, 1.807) is 0 Å². The van der Waals surface area contributed by atoms with E-state index < -0.39 is 0 Å². The summed E-state index contributed by atoms with van der Waals surface area (Å²) < 4.78 is 1.88. The Morgan fingerprint density at radius 3 is 2.71 bits per heavy atom. The average molecular weight is 226 g/mol. The molecule has 1 aromatic carbocycles. The van der Waals surface area contributed by atoms with Gasteiger partial charge in [0.25, 0.3) is 0 Å². The number of aryl methyl sites for hydroxylation is 1. The molecule has 0 aliphatic carbocycles. The van der Waals surface area contributed by atoms with E-state index in [1.807, 2.05) is 41.3 Å². The van der Waals surface area contributed by atoms with Crippen LogP contribution in [-0.4, -0.2) is 9.78 Å². The fourth-order valence-corrected chi connectivity index (χ4v) is 1.53. The molecule has 0 saturated heterocycles. The van der Waals surface area contributed by atoms with Crippen LogP contribution in [0.4, 0.5) is 5.69 Å². The van der Waals surface area contributed by atoms with Gasteiger partial charge in [-0.2, -0.15) is 10.4 Å². The topological polar surface area (TPSA) is 53.6 Å². The first-order valence-electron chi connectivity index (χ1n) is 5.57. The van der Waals surface area contributed by atoms with Gasteiger partial charge in [-0.3, -0.25) is 4.68 Å². The van der Waals surface area contributed by atoms with E-state index in [2.05, 4.69) is 23.4 Å². The van der Waals surface area contributed by atoms with Gasteiger partial charge in [-0.1, -0.05) is 12.1 Å². The van der Waals surface area contributed by atoms with Crippen molar-refractivity contribution in [3.05, 3.63) is 47.8 Å². The molecular weight excluding hydrogens is 212 g/mol. The molecule has 0 radical (unpaired) electrons. The van der Waals surface area contributed by atoms with E-state index in [0.717, 1.165) is 24.3 Å². The third-order valence-corrected chi connectivity index (χ3v) is 2.54. The lowest BCUT2D eigenvalue weighted by Crippen LogP contribution is -1.98. The molecule has 86 valence electrons. The summed E-state index contributed by atoms with van der Waals surface area (Å²) in [6.07, 6.45) is 3.79. The van der Waals surface area contributed by atoms with Crippen molar-refractivity contribution in [1.29, 1.82) is 5.26 Å². The smallest absolute Gasteiger partial charge is 0.0991 e. The van der Waals surface area contributed by atoms with Crippen molar-refractivity contribution < 1.29 is 0 Å². The van der Waals surface area contributed by atoms with Crippen LogP contribution in [0.1, 0.15) is 18.1 Å². The van der Waals surface area contributed by atoms with Gasteiger partial charge in [0.05, 0.1) is 23.5 Å². The summed E-state index contributed by atoms with van der Waals surface area (Å²) in [5.74, 6) is 0. The van der Waals surface area contributed by atoms with E-state index in [0.29, 0.717) is 5.56 Å². The molecule has 0 aliphatic heterocycles. The van der Waals surface area contributed by atoms with Crippen molar-refractivity contribution in [2.24, 2.45) is 0 Å². The first-order chi connectivity index (χ1) is 8.31. The van der Waals surface area contributed by atoms with E-state index in [1.165, 1.54) is 0 Å². The maximum absolute atomic E-state index is 8.69. The number of anilines is 1. The Morgan fingerprint density at radius 1 is 1.35 bits per heavy atom. The minimum absolute atomic E-state index is 0.688. The zero-order valence-electron chi connectivity index (χ0n) is 9.72. The van der Waals surface area contributed by atoms with Crippen LogP contribution in [0.15, 0.2) is 36.7 Å². The lowest BCUT2D eigenvalue weighted by molar-refractivity contribution is 0.660. The molecule has 2 aromatic rings. The van der Waals surface area contributed by atoms with E-state index in [9.17, 15) is 0 Å². The minimum atomic E-state index is 0.688. The first kappa shape index (κ1) is 11.2. The van der Waals surface area contributed by atoms with Crippen molar-refractivity contribution in [3.8, 4) is 6.07 Å². The second-order valence-corrected chi connectivity index (χ2v) is 3.75. The van der Waals surface area contributed by atoms with Crippen molar-refractivity contribution in [3.63, 3.8) is 0 Å². The summed E-state index contributed by atoms with van der Waals surface area (Å²) in [6, 6.07) is 9.67. The standard InChI is InChI=1S/C13H14N4/c1-2-17-10-13(9-16-17)15-8-12-5-3-11(7-14)4-6-12/h3-6,9-10,15H,2,8H2,1H3. The van der Waals surface area contributed by atoms with Gasteiger partial charge in [-0.15, -0.1) is 0 Å². The molecular formula is C13H14N4. The molecule has 4 nitrogen and oxygen atoms in total. The monoisotopic (exact) mass is 226 g/mol. The van der Waals surface area contributed by atoms with E-state index in [4.69, 9.17) is 5.26 Å². The van der Waals surface area contributed by atoms with Gasteiger partial charge in [-0.25, -0.2) is 0 Å². The highest BCUT2D eigenvalue weighted by Gasteiger charge is 1.97. The molecule has 0 saturated carbocycles. The van der Waals surface area contributed by atoms with E-state index >= 15 is 0 Å². The van der Waals surface area contributed by atoms with Crippen LogP contribution in [0.25, 0.3) is 0 Å². The summed E-state index contributed by atoms with van der Waals surface area (Å²) in [7, 11) is 0. The fraction of sp³-hybridized carbons (Fsp3) is 0.231. The van der Waals surface area contributed by atoms with Gasteiger partial charge < -0.3 is 5.32 Å². The van der Waals surface area contributed by atoms with Crippen LogP contribution in [0, 0.1) is 11.3 Å². The number of nitriles is 1. The minimum Gasteiger partial charge on any atom is -0.378 e. The predicted octanol–water partition coefficient (Wildman–Crippen LogP) is 2.39. The second-order valence-electron chi connectivity index (χ2n) is 3.75. The number of nitrogens with zero attached hydrogens (tertiary/aromatic N) is 3. The van der Waals surface area contributed by atoms with Crippen LogP contribution >= 0.6 is 0 Å². The Labute approximate surface area is 100 Å². The van der Waals surface area contributed by atoms with Crippen molar-refractivity contribution in [1.82, 2.24) is 9.78 Å². The molecule has 0 aliphatic rings. The molecule has 0 fully saturated rings. The normalized spacial score (nSPS) is 9.88. The molecule has 1 heterocycles. The number of nitrogens with one attached hydrogen (secondary N) is 1. The Bertz CT molecular complexity index is 519. The van der Waals surface area contributed by atoms with Gasteiger partial charge in [0.15, 0.2) is 0 Å². The van der Waals surface area contributed by atoms with Crippen molar-refractivity contribution in [2.45, 2.75) is 20.0 Å². The van der Waals surface area contributed by atoms with Gasteiger partial charge >= 0.3 is 0 Å². The summed E-state index contributed by atoms with van der Waals surface area (Å²) in [6.45, 7) is 3.66. The highest BCUT2D eigenvalue weighted by atomic mass is 15.3. The van der Waals surface area contributed by atoms with Gasteiger partial charge in [0.1, 0.15) is 0 Å². The largest absolute Gasteiger partial charge is 0.378 e. The van der Waals surface area contributed by atoms with Crippen molar-refractivity contribution >= 4 is 5.69 Å². The quantitative estimate of drug-likeness (QED) is 0.870. The van der Waals surface area contributed by atoms with Crippen molar-refractivity contribution in [2.75, 3.05) is 5.32 Å². The maximum Gasteiger partial charge on any atom is 0.0991 e. The Hall–Kier alpha value is -2.28. The van der Waals surface area contributed by atoms with Gasteiger partial charge in [0, 0.05) is 19.3 Å². The third kappa shape index (κ3) is 2.85. The van der Waals surface area contributed by atoms with Crippen LogP contribution in [0.2, 0.25) is 0 Å². The van der Waals surface area contributed by atoms with Crippen LogP contribution in [0.3, 0.4) is 0 Å². The average Bonchev–Trinajstić information content (AvgIpc) is 2.85. The molecule has 0 bridgehead atoms. The molecule has 17 heavy (non-hydrogen) atoms. The van der Waals surface area contributed by atoms with Gasteiger partial charge in [0.2, 0.25) is 0 Å². The number of hydrogen-bond donors (Lipinski definition) is 1. The molecule has 2 rings (SSSR count). The summed E-state index contributed by atoms with van der Waals surface area (Å²) in [5, 5.41) is 16.2. The molecule has 0 spiro atoms. The lowest BCUT2D eigenvalue weighted by atomic mass is 10.1. The Morgan fingerprint density at radius 2 is 2.12 bits per heavy atom. The second kappa shape index (κ2) is 5.17. The fourth-order valence-electron chi connectivity index (χ4n) is 1.53. The van der Waals surface area contributed by atoms with Crippen LogP contribution < -0.4 is 5.32 Å². The van der Waals surface area contributed by atoms with E-state index in [-0.39, 0.29) is 0 Å². The molecule has 4 heteroatoms. The third-order valence-electron chi connectivity index (χ3n) is 2.54. The van der Waals surface area contributed by atoms with Gasteiger partial charge in [-0.05, 0) is 24.6 Å². The number of rotatable bonds is 4. The molecule has 0 atom stereocenters. The summed E-state index contributed by atoms with van der Waals surface area (Å²) in [5.41, 5.74) is 2.84. The number of benzene rings is 1. The highest BCUT2D eigenvalue weighted by Crippen LogP contribution is 2.09. The lowest BCUT2D eigenvalue weighted by Gasteiger charge is -2.03. The molecule has 0 unspecified atom stereocenters. The number of hydrogen-bond acceptors (Lipinski definition) is 3. The SMILES string of the molecule is CCn1cc(NCc2ccc(C#N)cc2)cn1. The van der Waals surface area contributed by atoms with Crippen LogP contribution in [0.5, 0.6) is 0 Å². The zero-order valence-corrected chi connectivity index (χ0v) is 9.72. The first-order valence-corrected chi connectivity index (χ1v) is 5.57. The highest BCUT2D eigenvalue weighted by molar-refractivity contribution is 5.40. The predicted molar refractivity (Wildman–Crippen MR) is 66.4 cm³/mol.